The van der Waals surface area contributed by atoms with Gasteiger partial charge in [0.25, 0.3) is 5.69 Å². The predicted molar refractivity (Wildman–Crippen MR) is 85.3 cm³/mol. The van der Waals surface area contributed by atoms with Gasteiger partial charge in [-0.05, 0) is 32.8 Å². The number of rotatable bonds is 5. The minimum atomic E-state index is -0.425. The summed E-state index contributed by atoms with van der Waals surface area (Å²) in [7, 11) is 0. The number of fused-ring (bicyclic) bond motifs is 1. The molecule has 0 spiro atoms. The number of oxime groups is 1. The van der Waals surface area contributed by atoms with Gasteiger partial charge in [-0.2, -0.15) is 0 Å². The molecule has 7 heteroatoms. The third-order valence-electron chi connectivity index (χ3n) is 3.99. The first kappa shape index (κ1) is 15.2. The normalized spacial score (nSPS) is 15.0. The largest absolute Gasteiger partial charge is 0.347 e. The average molecular weight is 315 g/mol. The first-order valence-electron chi connectivity index (χ1n) is 7.54. The number of hydrogen-bond donors (Lipinski definition) is 0. The Morgan fingerprint density at radius 2 is 2.22 bits per heavy atom. The van der Waals surface area contributed by atoms with Crippen LogP contribution in [0.25, 0.3) is 10.9 Å². The number of nitro benzene ring substituents is 1. The van der Waals surface area contributed by atoms with Crippen LogP contribution < -0.4 is 0 Å². The van der Waals surface area contributed by atoms with Crippen molar-refractivity contribution in [1.82, 2.24) is 4.57 Å². The Bertz CT molecular complexity index is 818. The minimum Gasteiger partial charge on any atom is -0.347 e. The van der Waals surface area contributed by atoms with E-state index in [1.54, 1.807) is 13.0 Å². The average Bonchev–Trinajstić information content (AvgIpc) is 3.32. The van der Waals surface area contributed by atoms with Gasteiger partial charge < -0.3 is 9.40 Å². The molecule has 0 unspecified atom stereocenters. The van der Waals surface area contributed by atoms with E-state index in [4.69, 9.17) is 4.84 Å². The lowest BCUT2D eigenvalue weighted by Gasteiger charge is -2.00. The van der Waals surface area contributed by atoms with E-state index >= 15 is 0 Å². The highest BCUT2D eigenvalue weighted by Crippen LogP contribution is 2.30. The summed E-state index contributed by atoms with van der Waals surface area (Å²) in [6.07, 6.45) is 3.58. The molecule has 1 aliphatic rings. The number of benzene rings is 1. The highest BCUT2D eigenvalue weighted by Gasteiger charge is 2.31. The molecule has 1 saturated carbocycles. The summed E-state index contributed by atoms with van der Waals surface area (Å²) in [6.45, 7) is 4.45. The first-order valence-corrected chi connectivity index (χ1v) is 7.54. The fourth-order valence-electron chi connectivity index (χ4n) is 2.50. The Balaban J connectivity index is 2.00. The summed E-state index contributed by atoms with van der Waals surface area (Å²) >= 11 is 0. The van der Waals surface area contributed by atoms with E-state index < -0.39 is 4.92 Å². The summed E-state index contributed by atoms with van der Waals surface area (Å²) in [5, 5.41) is 15.6. The Labute approximate surface area is 132 Å². The fraction of sp³-hybridized carbons (Fsp3) is 0.375. The van der Waals surface area contributed by atoms with Gasteiger partial charge in [0.05, 0.1) is 16.6 Å². The van der Waals surface area contributed by atoms with Gasteiger partial charge in [0.1, 0.15) is 0 Å². The molecule has 3 rings (SSSR count). The zero-order valence-electron chi connectivity index (χ0n) is 13.0. The van der Waals surface area contributed by atoms with Crippen LogP contribution in [0.2, 0.25) is 0 Å². The van der Waals surface area contributed by atoms with Crippen LogP contribution in [0.1, 0.15) is 32.3 Å². The van der Waals surface area contributed by atoms with Crippen LogP contribution in [-0.4, -0.2) is 21.2 Å². The monoisotopic (exact) mass is 315 g/mol. The van der Waals surface area contributed by atoms with Gasteiger partial charge in [0.2, 0.25) is 0 Å². The summed E-state index contributed by atoms with van der Waals surface area (Å²) < 4.78 is 1.98. The van der Waals surface area contributed by atoms with E-state index in [-0.39, 0.29) is 17.6 Å². The Morgan fingerprint density at radius 1 is 1.48 bits per heavy atom. The minimum absolute atomic E-state index is 0.0235. The molecule has 0 radical (unpaired) electrons. The number of non-ortho nitro benzene ring substituents is 1. The van der Waals surface area contributed by atoms with Crippen LogP contribution in [0.4, 0.5) is 5.69 Å². The molecule has 1 aliphatic carbocycles. The summed E-state index contributed by atoms with van der Waals surface area (Å²) in [5.74, 6) is -0.334. The van der Waals surface area contributed by atoms with Crippen LogP contribution in [0.5, 0.6) is 0 Å². The van der Waals surface area contributed by atoms with E-state index in [9.17, 15) is 14.9 Å². The molecular weight excluding hydrogens is 298 g/mol. The maximum Gasteiger partial charge on any atom is 0.338 e. The zero-order chi connectivity index (χ0) is 16.6. The molecule has 1 aromatic heterocycles. The second kappa shape index (κ2) is 5.83. The lowest BCUT2D eigenvalue weighted by molar-refractivity contribution is -0.384. The number of carbonyl (C=O) groups is 1. The Kier molecular flexibility index (Phi) is 3.85. The number of aromatic nitrogens is 1. The molecule has 120 valence electrons. The number of hydrogen-bond acceptors (Lipinski definition) is 5. The van der Waals surface area contributed by atoms with Crippen molar-refractivity contribution in [1.29, 1.82) is 0 Å². The van der Waals surface area contributed by atoms with Crippen molar-refractivity contribution in [2.45, 2.75) is 33.2 Å². The maximum absolute atomic E-state index is 11.6. The lowest BCUT2D eigenvalue weighted by atomic mass is 10.1. The molecule has 2 aromatic rings. The number of nitrogens with zero attached hydrogens (tertiary/aromatic N) is 3. The van der Waals surface area contributed by atoms with Gasteiger partial charge in [-0.3, -0.25) is 10.1 Å². The molecule has 1 heterocycles. The van der Waals surface area contributed by atoms with Crippen molar-refractivity contribution >= 4 is 28.3 Å². The van der Waals surface area contributed by atoms with Crippen LogP contribution in [-0.2, 0) is 16.2 Å². The number of aryl methyl sites for hydroxylation is 1. The second-order valence-electron chi connectivity index (χ2n) is 5.65. The molecule has 7 nitrogen and oxygen atoms in total. The van der Waals surface area contributed by atoms with Crippen LogP contribution in [0.15, 0.2) is 29.6 Å². The SMILES string of the molecule is CCn1cc(C(C)=NOC(=O)C2CC2)c2cc([N+](=O)[O-])ccc21. The molecule has 0 bridgehead atoms. The van der Waals surface area contributed by atoms with Gasteiger partial charge in [0.15, 0.2) is 0 Å². The summed E-state index contributed by atoms with van der Waals surface area (Å²) in [6, 6.07) is 4.74. The molecule has 0 aliphatic heterocycles. The molecular formula is C16H17N3O4. The summed E-state index contributed by atoms with van der Waals surface area (Å²) in [5.41, 5.74) is 2.16. The van der Waals surface area contributed by atoms with Crippen molar-refractivity contribution in [2.24, 2.45) is 11.1 Å². The highest BCUT2D eigenvalue weighted by molar-refractivity contribution is 6.10. The molecule has 23 heavy (non-hydrogen) atoms. The van der Waals surface area contributed by atoms with Crippen LogP contribution >= 0.6 is 0 Å². The van der Waals surface area contributed by atoms with E-state index in [0.717, 1.165) is 35.9 Å². The smallest absolute Gasteiger partial charge is 0.338 e. The van der Waals surface area contributed by atoms with Crippen molar-refractivity contribution in [2.75, 3.05) is 0 Å². The molecule has 1 fully saturated rings. The number of carbonyl (C=O) groups excluding carboxylic acids is 1. The van der Waals surface area contributed by atoms with Crippen molar-refractivity contribution in [3.8, 4) is 0 Å². The van der Waals surface area contributed by atoms with Gasteiger partial charge in [0, 0.05) is 41.3 Å². The van der Waals surface area contributed by atoms with Crippen molar-refractivity contribution in [3.63, 3.8) is 0 Å². The quantitative estimate of drug-likeness (QED) is 0.367. The van der Waals surface area contributed by atoms with E-state index in [1.807, 2.05) is 17.7 Å². The topological polar surface area (TPSA) is 86.7 Å². The van der Waals surface area contributed by atoms with Crippen molar-refractivity contribution < 1.29 is 14.6 Å². The highest BCUT2D eigenvalue weighted by atomic mass is 16.7. The summed E-state index contributed by atoms with van der Waals surface area (Å²) in [4.78, 5) is 27.1. The zero-order valence-corrected chi connectivity index (χ0v) is 13.0. The Morgan fingerprint density at radius 3 is 2.83 bits per heavy atom. The molecule has 0 amide bonds. The van der Waals surface area contributed by atoms with Crippen molar-refractivity contribution in [3.05, 3.63) is 40.1 Å². The van der Waals surface area contributed by atoms with Crippen LogP contribution in [0.3, 0.4) is 0 Å². The maximum atomic E-state index is 11.6. The number of nitro groups is 1. The first-order chi connectivity index (χ1) is 11.0. The van der Waals surface area contributed by atoms with Gasteiger partial charge >= 0.3 is 5.97 Å². The molecule has 0 atom stereocenters. The van der Waals surface area contributed by atoms with Crippen LogP contribution in [0, 0.1) is 16.0 Å². The fourth-order valence-corrected chi connectivity index (χ4v) is 2.50. The van der Waals surface area contributed by atoms with E-state index in [1.165, 1.54) is 12.1 Å². The van der Waals surface area contributed by atoms with Gasteiger partial charge in [-0.15, -0.1) is 0 Å². The third kappa shape index (κ3) is 2.94. The van der Waals surface area contributed by atoms with E-state index in [0.29, 0.717) is 5.71 Å². The van der Waals surface area contributed by atoms with Gasteiger partial charge in [-0.25, -0.2) is 4.79 Å². The lowest BCUT2D eigenvalue weighted by Crippen LogP contribution is -2.04. The Hall–Kier alpha value is -2.70. The van der Waals surface area contributed by atoms with E-state index in [2.05, 4.69) is 5.16 Å². The predicted octanol–water partition coefficient (Wildman–Crippen LogP) is 3.25. The van der Waals surface area contributed by atoms with Gasteiger partial charge in [-0.1, -0.05) is 5.16 Å². The third-order valence-corrected chi connectivity index (χ3v) is 3.99. The second-order valence-corrected chi connectivity index (χ2v) is 5.65. The standard InChI is InChI=1S/C16H17N3O4/c1-3-18-9-14(10(2)17-23-16(20)11-4-5-11)13-8-12(19(21)22)6-7-15(13)18/h6-9,11H,3-5H2,1-2H3. The molecule has 1 aromatic carbocycles. The molecule has 0 N–H and O–H groups in total. The molecule has 0 saturated heterocycles.